The van der Waals surface area contributed by atoms with Gasteiger partial charge in [0, 0.05) is 10.8 Å². The monoisotopic (exact) mass is 208 g/mol. The fourth-order valence-electron chi connectivity index (χ4n) is 0.975. The molecule has 0 heterocycles. The van der Waals surface area contributed by atoms with Crippen molar-refractivity contribution in [2.45, 2.75) is 13.3 Å². The van der Waals surface area contributed by atoms with E-state index in [9.17, 15) is 8.42 Å². The summed E-state index contributed by atoms with van der Waals surface area (Å²) in [5.41, 5.74) is 1.95. The van der Waals surface area contributed by atoms with Crippen molar-refractivity contribution < 1.29 is 8.42 Å². The summed E-state index contributed by atoms with van der Waals surface area (Å²) < 4.78 is 21.5. The number of sulfone groups is 1. The molecule has 0 bridgehead atoms. The van der Waals surface area contributed by atoms with Gasteiger partial charge < -0.3 is 0 Å². The van der Waals surface area contributed by atoms with E-state index in [4.69, 9.17) is 0 Å². The Morgan fingerprint density at radius 1 is 1.21 bits per heavy atom. The highest BCUT2D eigenvalue weighted by atomic mass is 32.2. The third-order valence-corrected chi connectivity index (χ3v) is 2.22. The van der Waals surface area contributed by atoms with Crippen molar-refractivity contribution in [2.75, 3.05) is 6.26 Å². The van der Waals surface area contributed by atoms with Gasteiger partial charge in [-0.1, -0.05) is 25.0 Å². The molecule has 1 rings (SSSR count). The van der Waals surface area contributed by atoms with Crippen LogP contribution in [-0.4, -0.2) is 14.7 Å². The van der Waals surface area contributed by atoms with Crippen LogP contribution < -0.4 is 0 Å². The number of rotatable bonds is 1. The summed E-state index contributed by atoms with van der Waals surface area (Å²) in [5.74, 6) is 2.60. The number of hydrogen-bond donors (Lipinski definition) is 0. The lowest BCUT2D eigenvalue weighted by molar-refractivity contribution is 0.611. The van der Waals surface area contributed by atoms with E-state index in [-0.39, 0.29) is 0 Å². The summed E-state index contributed by atoms with van der Waals surface area (Å²) >= 11 is 0. The average molecular weight is 208 g/mol. The van der Waals surface area contributed by atoms with Crippen LogP contribution in [-0.2, 0) is 16.3 Å². The first-order chi connectivity index (χ1) is 6.51. The molecular formula is C11H12O2S. The van der Waals surface area contributed by atoms with E-state index in [1.54, 1.807) is 0 Å². The van der Waals surface area contributed by atoms with Gasteiger partial charge in [-0.25, -0.2) is 8.42 Å². The van der Waals surface area contributed by atoms with Gasteiger partial charge in [0.1, 0.15) is 0 Å². The zero-order chi connectivity index (χ0) is 10.6. The molecule has 74 valence electrons. The topological polar surface area (TPSA) is 34.1 Å². The van der Waals surface area contributed by atoms with E-state index < -0.39 is 9.84 Å². The first kappa shape index (κ1) is 10.8. The molecule has 0 fully saturated rings. The van der Waals surface area contributed by atoms with Crippen LogP contribution in [0.1, 0.15) is 18.1 Å². The fourth-order valence-corrected chi connectivity index (χ4v) is 1.28. The molecule has 3 heteroatoms. The second-order valence-electron chi connectivity index (χ2n) is 3.05. The maximum Gasteiger partial charge on any atom is 0.214 e. The van der Waals surface area contributed by atoms with Gasteiger partial charge in [-0.2, -0.15) is 0 Å². The summed E-state index contributed by atoms with van der Waals surface area (Å²) in [5, 5.41) is 2.20. The molecule has 0 aliphatic carbocycles. The Labute approximate surface area is 84.9 Å². The molecule has 0 saturated heterocycles. The predicted molar refractivity (Wildman–Crippen MR) is 57.5 cm³/mol. The molecule has 1 aromatic rings. The summed E-state index contributed by atoms with van der Waals surface area (Å²) in [6.07, 6.45) is 2.07. The Morgan fingerprint density at radius 3 is 2.21 bits per heavy atom. The van der Waals surface area contributed by atoms with Crippen molar-refractivity contribution >= 4 is 9.84 Å². The van der Waals surface area contributed by atoms with Crippen LogP contribution in [0.2, 0.25) is 0 Å². The van der Waals surface area contributed by atoms with Crippen molar-refractivity contribution in [1.82, 2.24) is 0 Å². The van der Waals surface area contributed by atoms with E-state index in [2.05, 4.69) is 18.1 Å². The molecule has 0 aliphatic rings. The Morgan fingerprint density at radius 2 is 1.79 bits per heavy atom. The van der Waals surface area contributed by atoms with Crippen LogP contribution in [0.5, 0.6) is 0 Å². The average Bonchev–Trinajstić information content (AvgIpc) is 2.14. The minimum atomic E-state index is -3.20. The zero-order valence-electron chi connectivity index (χ0n) is 8.24. The number of hydrogen-bond acceptors (Lipinski definition) is 2. The fraction of sp³-hybridized carbons (Fsp3) is 0.273. The van der Waals surface area contributed by atoms with E-state index in [0.29, 0.717) is 0 Å². The van der Waals surface area contributed by atoms with Crippen LogP contribution in [0.3, 0.4) is 0 Å². The lowest BCUT2D eigenvalue weighted by Crippen LogP contribution is -1.89. The van der Waals surface area contributed by atoms with Crippen LogP contribution in [0.15, 0.2) is 24.3 Å². The van der Waals surface area contributed by atoms with E-state index in [0.717, 1.165) is 18.2 Å². The Bertz CT molecular complexity index is 458. The van der Waals surface area contributed by atoms with Gasteiger partial charge in [0.05, 0.1) is 6.26 Å². The molecule has 0 spiro atoms. The summed E-state index contributed by atoms with van der Waals surface area (Å²) in [4.78, 5) is 0. The quantitative estimate of drug-likeness (QED) is 0.657. The summed E-state index contributed by atoms with van der Waals surface area (Å²) in [6.45, 7) is 2.07. The molecule has 0 saturated carbocycles. The maximum absolute atomic E-state index is 10.8. The molecule has 0 unspecified atom stereocenters. The third kappa shape index (κ3) is 3.63. The van der Waals surface area contributed by atoms with Crippen LogP contribution in [0, 0.1) is 11.2 Å². The predicted octanol–water partition coefficient (Wildman–Crippen LogP) is 1.60. The number of benzene rings is 1. The molecule has 14 heavy (non-hydrogen) atoms. The second kappa shape index (κ2) is 4.30. The minimum Gasteiger partial charge on any atom is -0.216 e. The Hall–Kier alpha value is -1.27. The summed E-state index contributed by atoms with van der Waals surface area (Å²) in [7, 11) is -3.20. The molecule has 0 amide bonds. The van der Waals surface area contributed by atoms with Gasteiger partial charge in [0.15, 0.2) is 0 Å². The van der Waals surface area contributed by atoms with Gasteiger partial charge in [-0.3, -0.25) is 0 Å². The molecule has 2 nitrogen and oxygen atoms in total. The standard InChI is InChI=1S/C11H12O2S/c1-3-10-4-6-11(7-5-10)8-9-14(2,12)13/h4-7H,3H2,1-2H3. The number of aryl methyl sites for hydroxylation is 1. The van der Waals surface area contributed by atoms with Crippen molar-refractivity contribution in [3.8, 4) is 11.2 Å². The van der Waals surface area contributed by atoms with E-state index in [1.165, 1.54) is 5.56 Å². The lowest BCUT2D eigenvalue weighted by atomic mass is 10.1. The van der Waals surface area contributed by atoms with Crippen molar-refractivity contribution in [3.05, 3.63) is 35.4 Å². The second-order valence-corrected chi connectivity index (χ2v) is 4.80. The molecule has 0 atom stereocenters. The molecule has 0 aliphatic heterocycles. The molecule has 0 radical (unpaired) electrons. The van der Waals surface area contributed by atoms with Crippen molar-refractivity contribution in [2.24, 2.45) is 0 Å². The highest BCUT2D eigenvalue weighted by Crippen LogP contribution is 2.03. The largest absolute Gasteiger partial charge is 0.216 e. The third-order valence-electron chi connectivity index (χ3n) is 1.74. The molecule has 0 aromatic heterocycles. The van der Waals surface area contributed by atoms with E-state index >= 15 is 0 Å². The summed E-state index contributed by atoms with van der Waals surface area (Å²) in [6, 6.07) is 7.56. The Balaban J connectivity index is 2.93. The minimum absolute atomic E-state index is 0.729. The maximum atomic E-state index is 10.8. The zero-order valence-corrected chi connectivity index (χ0v) is 9.06. The SMILES string of the molecule is CCc1ccc(C#CS(C)(=O)=O)cc1. The highest BCUT2D eigenvalue weighted by Gasteiger charge is 1.93. The van der Waals surface area contributed by atoms with E-state index in [1.807, 2.05) is 24.3 Å². The van der Waals surface area contributed by atoms with Crippen molar-refractivity contribution in [1.29, 1.82) is 0 Å². The lowest BCUT2D eigenvalue weighted by Gasteiger charge is -1.94. The van der Waals surface area contributed by atoms with Gasteiger partial charge in [0.25, 0.3) is 0 Å². The molecule has 1 aromatic carbocycles. The first-order valence-corrected chi connectivity index (χ1v) is 6.22. The van der Waals surface area contributed by atoms with Gasteiger partial charge in [-0.05, 0) is 24.1 Å². The molecule has 0 N–H and O–H groups in total. The Kier molecular flexibility index (Phi) is 3.32. The van der Waals surface area contributed by atoms with Crippen LogP contribution in [0.4, 0.5) is 0 Å². The van der Waals surface area contributed by atoms with Crippen LogP contribution >= 0.6 is 0 Å². The molecular weight excluding hydrogens is 196 g/mol. The van der Waals surface area contributed by atoms with Crippen LogP contribution in [0.25, 0.3) is 0 Å². The van der Waals surface area contributed by atoms with Gasteiger partial charge in [-0.15, -0.1) is 0 Å². The normalized spacial score (nSPS) is 10.4. The highest BCUT2D eigenvalue weighted by molar-refractivity contribution is 7.95. The van der Waals surface area contributed by atoms with Crippen molar-refractivity contribution in [3.63, 3.8) is 0 Å². The first-order valence-electron chi connectivity index (χ1n) is 4.33. The van der Waals surface area contributed by atoms with Gasteiger partial charge in [0.2, 0.25) is 9.84 Å². The van der Waals surface area contributed by atoms with Gasteiger partial charge >= 0.3 is 0 Å². The smallest absolute Gasteiger partial charge is 0.214 e.